The summed E-state index contributed by atoms with van der Waals surface area (Å²) in [5.74, 6) is 0. The largest absolute Gasteiger partial charge is 0.370 e. The Morgan fingerprint density at radius 2 is 2.00 bits per heavy atom. The summed E-state index contributed by atoms with van der Waals surface area (Å²) < 4.78 is 0. The van der Waals surface area contributed by atoms with Crippen molar-refractivity contribution < 1.29 is 0 Å². The molecule has 0 bridgehead atoms. The molecule has 0 N–H and O–H groups in total. The van der Waals surface area contributed by atoms with Crippen LogP contribution in [0.25, 0.3) is 0 Å². The summed E-state index contributed by atoms with van der Waals surface area (Å²) in [7, 11) is 0. The highest BCUT2D eigenvalue weighted by Gasteiger charge is 2.20. The number of aromatic nitrogens is 1. The molecule has 1 aliphatic rings. The van der Waals surface area contributed by atoms with Gasteiger partial charge in [-0.25, -0.2) is 0 Å². The zero-order valence-corrected chi connectivity index (χ0v) is 9.38. The van der Waals surface area contributed by atoms with Crippen LogP contribution in [0.15, 0.2) is 12.1 Å². The van der Waals surface area contributed by atoms with Crippen LogP contribution in [-0.4, -0.2) is 23.5 Å². The van der Waals surface area contributed by atoms with Gasteiger partial charge in [-0.1, -0.05) is 0 Å². The predicted molar refractivity (Wildman–Crippen MR) is 60.2 cm³/mol. The van der Waals surface area contributed by atoms with E-state index in [2.05, 4.69) is 22.0 Å². The van der Waals surface area contributed by atoms with Crippen LogP contribution in [0.4, 0.5) is 5.69 Å². The van der Waals surface area contributed by atoms with Crippen molar-refractivity contribution in [1.29, 1.82) is 0 Å². The Morgan fingerprint density at radius 1 is 1.36 bits per heavy atom. The lowest BCUT2D eigenvalue weighted by Crippen LogP contribution is -2.20. The molecule has 0 spiro atoms. The van der Waals surface area contributed by atoms with Crippen molar-refractivity contribution in [3.8, 4) is 0 Å². The molecule has 0 amide bonds. The number of hydrogen-bond donors (Lipinski definition) is 0. The monoisotopic (exact) mass is 210 g/mol. The fourth-order valence-electron chi connectivity index (χ4n) is 1.95. The Kier molecular flexibility index (Phi) is 2.64. The number of pyridine rings is 1. The second-order valence-electron chi connectivity index (χ2n) is 3.94. The van der Waals surface area contributed by atoms with Gasteiger partial charge in [-0.3, -0.25) is 4.98 Å². The smallest absolute Gasteiger partial charge is 0.0528 e. The van der Waals surface area contributed by atoms with E-state index in [-0.39, 0.29) is 0 Å². The van der Waals surface area contributed by atoms with Gasteiger partial charge < -0.3 is 4.90 Å². The van der Waals surface area contributed by atoms with Gasteiger partial charge in [-0.2, -0.15) is 0 Å². The number of aryl methyl sites for hydroxylation is 2. The Morgan fingerprint density at radius 3 is 2.50 bits per heavy atom. The number of hydrogen-bond acceptors (Lipinski definition) is 2. The third kappa shape index (κ3) is 2.01. The van der Waals surface area contributed by atoms with Gasteiger partial charge in [0, 0.05) is 30.2 Å². The number of anilines is 1. The summed E-state index contributed by atoms with van der Waals surface area (Å²) in [6.45, 7) is 6.09. The lowest BCUT2D eigenvalue weighted by atomic mass is 10.2. The van der Waals surface area contributed by atoms with E-state index < -0.39 is 0 Å². The summed E-state index contributed by atoms with van der Waals surface area (Å²) in [6.07, 6.45) is 1.09. The topological polar surface area (TPSA) is 16.1 Å². The first-order chi connectivity index (χ1) is 6.65. The molecule has 2 heterocycles. The molecule has 1 saturated heterocycles. The molecule has 0 aliphatic carbocycles. The van der Waals surface area contributed by atoms with Crippen molar-refractivity contribution in [3.63, 3.8) is 0 Å². The summed E-state index contributed by atoms with van der Waals surface area (Å²) in [5.41, 5.74) is 3.43. The number of halogens is 1. The van der Waals surface area contributed by atoms with Gasteiger partial charge in [0.25, 0.3) is 0 Å². The normalized spacial score (nSPS) is 21.6. The van der Waals surface area contributed by atoms with E-state index in [1.165, 1.54) is 5.69 Å². The molecule has 0 aromatic carbocycles. The lowest BCUT2D eigenvalue weighted by Gasteiger charge is -2.18. The Bertz CT molecular complexity index is 318. The average Bonchev–Trinajstić information content (AvgIpc) is 2.50. The summed E-state index contributed by atoms with van der Waals surface area (Å²) >= 11 is 6.08. The third-order valence-corrected chi connectivity index (χ3v) is 2.92. The number of alkyl halides is 1. The van der Waals surface area contributed by atoms with Crippen molar-refractivity contribution in [3.05, 3.63) is 23.5 Å². The molecule has 3 heteroatoms. The Balaban J connectivity index is 2.23. The van der Waals surface area contributed by atoms with E-state index in [4.69, 9.17) is 11.6 Å². The first-order valence-corrected chi connectivity index (χ1v) is 5.43. The molecule has 0 radical (unpaired) electrons. The maximum absolute atomic E-state index is 6.08. The van der Waals surface area contributed by atoms with Crippen molar-refractivity contribution in [2.24, 2.45) is 0 Å². The maximum atomic E-state index is 6.08. The zero-order chi connectivity index (χ0) is 10.1. The second-order valence-corrected chi connectivity index (χ2v) is 4.56. The molecular weight excluding hydrogens is 196 g/mol. The highest BCUT2D eigenvalue weighted by Crippen LogP contribution is 2.23. The molecule has 1 atom stereocenters. The maximum Gasteiger partial charge on any atom is 0.0528 e. The molecule has 14 heavy (non-hydrogen) atoms. The first kappa shape index (κ1) is 9.78. The van der Waals surface area contributed by atoms with Crippen LogP contribution in [0.3, 0.4) is 0 Å². The molecular formula is C11H15ClN2. The average molecular weight is 211 g/mol. The fourth-order valence-corrected chi connectivity index (χ4v) is 2.21. The van der Waals surface area contributed by atoms with E-state index in [0.717, 1.165) is 30.9 Å². The van der Waals surface area contributed by atoms with Crippen LogP contribution in [0.5, 0.6) is 0 Å². The van der Waals surface area contributed by atoms with Gasteiger partial charge in [-0.15, -0.1) is 11.6 Å². The van der Waals surface area contributed by atoms with E-state index in [9.17, 15) is 0 Å². The minimum Gasteiger partial charge on any atom is -0.370 e. The molecule has 1 aromatic heterocycles. The predicted octanol–water partition coefficient (Wildman–Crippen LogP) is 2.52. The van der Waals surface area contributed by atoms with Crippen molar-refractivity contribution in [2.75, 3.05) is 18.0 Å². The molecule has 0 saturated carbocycles. The number of rotatable bonds is 1. The van der Waals surface area contributed by atoms with Crippen molar-refractivity contribution in [1.82, 2.24) is 4.98 Å². The van der Waals surface area contributed by atoms with Gasteiger partial charge in [0.15, 0.2) is 0 Å². The summed E-state index contributed by atoms with van der Waals surface area (Å²) in [4.78, 5) is 6.70. The number of nitrogens with zero attached hydrogens (tertiary/aromatic N) is 2. The quantitative estimate of drug-likeness (QED) is 0.663. The molecule has 76 valence electrons. The SMILES string of the molecule is Cc1cc(N2CCC(Cl)C2)cc(C)n1. The van der Waals surface area contributed by atoms with Crippen LogP contribution in [0.2, 0.25) is 0 Å². The second kappa shape index (κ2) is 3.77. The Labute approximate surface area is 89.9 Å². The van der Waals surface area contributed by atoms with Gasteiger partial charge in [0.05, 0.1) is 5.38 Å². The molecule has 1 aromatic rings. The van der Waals surface area contributed by atoms with Gasteiger partial charge in [0.2, 0.25) is 0 Å². The highest BCUT2D eigenvalue weighted by atomic mass is 35.5. The standard InChI is InChI=1S/C11H15ClN2/c1-8-5-11(6-9(2)13-8)14-4-3-10(12)7-14/h5-6,10H,3-4,7H2,1-2H3. The summed E-state index contributed by atoms with van der Waals surface area (Å²) in [5, 5.41) is 0.309. The Hall–Kier alpha value is -0.760. The molecule has 1 unspecified atom stereocenters. The minimum atomic E-state index is 0.309. The fraction of sp³-hybridized carbons (Fsp3) is 0.545. The molecule has 1 fully saturated rings. The molecule has 2 rings (SSSR count). The van der Waals surface area contributed by atoms with E-state index in [0.29, 0.717) is 5.38 Å². The zero-order valence-electron chi connectivity index (χ0n) is 8.63. The van der Waals surface area contributed by atoms with Crippen molar-refractivity contribution >= 4 is 17.3 Å². The van der Waals surface area contributed by atoms with Gasteiger partial charge >= 0.3 is 0 Å². The van der Waals surface area contributed by atoms with Crippen molar-refractivity contribution in [2.45, 2.75) is 25.6 Å². The van der Waals surface area contributed by atoms with Crippen LogP contribution < -0.4 is 4.90 Å². The minimum absolute atomic E-state index is 0.309. The van der Waals surface area contributed by atoms with E-state index >= 15 is 0 Å². The van der Waals surface area contributed by atoms with Crippen LogP contribution >= 0.6 is 11.6 Å². The molecule has 2 nitrogen and oxygen atoms in total. The van der Waals surface area contributed by atoms with Gasteiger partial charge in [-0.05, 0) is 32.4 Å². The summed E-state index contributed by atoms with van der Waals surface area (Å²) in [6, 6.07) is 4.25. The van der Waals surface area contributed by atoms with E-state index in [1.54, 1.807) is 0 Å². The van der Waals surface area contributed by atoms with E-state index in [1.807, 2.05) is 13.8 Å². The van der Waals surface area contributed by atoms with Gasteiger partial charge in [0.1, 0.15) is 0 Å². The van der Waals surface area contributed by atoms with Crippen LogP contribution in [-0.2, 0) is 0 Å². The first-order valence-electron chi connectivity index (χ1n) is 4.99. The lowest BCUT2D eigenvalue weighted by molar-refractivity contribution is 0.955. The van der Waals surface area contributed by atoms with Crippen LogP contribution in [0.1, 0.15) is 17.8 Å². The van der Waals surface area contributed by atoms with Crippen LogP contribution in [0, 0.1) is 13.8 Å². The highest BCUT2D eigenvalue weighted by molar-refractivity contribution is 6.21. The molecule has 1 aliphatic heterocycles. The third-order valence-electron chi connectivity index (χ3n) is 2.56.